The van der Waals surface area contributed by atoms with Crippen LogP contribution in [0, 0.1) is 57.3 Å². The zero-order valence-electron chi connectivity index (χ0n) is 23.2. The molecule has 4 fully saturated rings. The van der Waals surface area contributed by atoms with Crippen molar-refractivity contribution in [3.63, 3.8) is 0 Å². The van der Waals surface area contributed by atoms with Gasteiger partial charge in [0.1, 0.15) is 6.10 Å². The zero-order valence-corrected chi connectivity index (χ0v) is 23.2. The summed E-state index contributed by atoms with van der Waals surface area (Å²) >= 11 is 0. The fourth-order valence-corrected chi connectivity index (χ4v) is 10.1. The van der Waals surface area contributed by atoms with E-state index in [1.807, 2.05) is 0 Å². The van der Waals surface area contributed by atoms with Crippen LogP contribution in [-0.4, -0.2) is 18.1 Å². The van der Waals surface area contributed by atoms with Crippen LogP contribution in [0.15, 0.2) is 5.11 Å². The minimum absolute atomic E-state index is 0.0532. The molecule has 5 unspecified atom stereocenters. The van der Waals surface area contributed by atoms with E-state index in [4.69, 9.17) is 10.3 Å². The first kappa shape index (κ1) is 26.1. The van der Waals surface area contributed by atoms with Crippen LogP contribution in [0.3, 0.4) is 0 Å². The van der Waals surface area contributed by atoms with Crippen molar-refractivity contribution in [2.75, 3.05) is 0 Å². The zero-order chi connectivity index (χ0) is 24.9. The Morgan fingerprint density at radius 1 is 1.06 bits per heavy atom. The Hall–Kier alpha value is -0.930. The van der Waals surface area contributed by atoms with Crippen LogP contribution in [0.5, 0.6) is 0 Å². The molecule has 0 bridgehead atoms. The van der Waals surface area contributed by atoms with E-state index in [1.165, 1.54) is 51.4 Å². The van der Waals surface area contributed by atoms with Crippen molar-refractivity contribution in [3.05, 3.63) is 0 Å². The summed E-state index contributed by atoms with van der Waals surface area (Å²) in [5, 5.41) is 3.94. The second-order valence-electron chi connectivity index (χ2n) is 14.4. The lowest BCUT2D eigenvalue weighted by Crippen LogP contribution is -2.59. The molecule has 9 atom stereocenters. The van der Waals surface area contributed by atoms with Crippen molar-refractivity contribution in [2.45, 2.75) is 131 Å². The first-order valence-corrected chi connectivity index (χ1v) is 14.5. The molecular weight excluding hydrogens is 420 g/mol. The van der Waals surface area contributed by atoms with Crippen LogP contribution in [0.4, 0.5) is 0 Å². The molecule has 4 saturated carbocycles. The average Bonchev–Trinajstić information content (AvgIpc) is 3.11. The van der Waals surface area contributed by atoms with Crippen LogP contribution < -0.4 is 0 Å². The van der Waals surface area contributed by atoms with Crippen molar-refractivity contribution in [2.24, 2.45) is 56.9 Å². The number of nitrogens with zero attached hydrogens (tertiary/aromatic N) is 1. The van der Waals surface area contributed by atoms with Gasteiger partial charge >= 0.3 is 5.97 Å². The summed E-state index contributed by atoms with van der Waals surface area (Å²) in [6.45, 7) is 16.5. The Bertz CT molecular complexity index is 763. The molecule has 0 spiro atoms. The minimum atomic E-state index is -0.110. The summed E-state index contributed by atoms with van der Waals surface area (Å²) < 4.78 is 6.17. The molecular formula is C30H52N2O2. The number of rotatable bonds is 7. The molecule has 0 saturated heterocycles. The highest BCUT2D eigenvalue weighted by Gasteiger charge is 2.64. The summed E-state index contributed by atoms with van der Waals surface area (Å²) in [6.07, 6.45) is 13.6. The Labute approximate surface area is 209 Å². The highest BCUT2D eigenvalue weighted by Crippen LogP contribution is 2.70. The molecule has 34 heavy (non-hydrogen) atoms. The molecule has 0 heterocycles. The number of nitrogens with one attached hydrogen (secondary N) is 1. The molecule has 0 aromatic heterocycles. The second-order valence-corrected chi connectivity index (χ2v) is 14.4. The molecule has 1 N–H and O–H groups in total. The monoisotopic (exact) mass is 472 g/mol. The predicted molar refractivity (Wildman–Crippen MR) is 138 cm³/mol. The lowest BCUT2D eigenvalue weighted by Gasteiger charge is -2.63. The van der Waals surface area contributed by atoms with Gasteiger partial charge in [-0.3, -0.25) is 4.79 Å². The summed E-state index contributed by atoms with van der Waals surface area (Å²) in [5.41, 5.74) is 8.67. The first-order valence-electron chi connectivity index (χ1n) is 14.5. The van der Waals surface area contributed by atoms with E-state index >= 15 is 0 Å². The van der Waals surface area contributed by atoms with E-state index in [-0.39, 0.29) is 18.1 Å². The maximum atomic E-state index is 12.2. The molecule has 4 rings (SSSR count). The van der Waals surface area contributed by atoms with Gasteiger partial charge in [0.05, 0.1) is 6.04 Å². The maximum Gasteiger partial charge on any atom is 0.302 e. The average molecular weight is 473 g/mol. The third kappa shape index (κ3) is 4.49. The molecule has 0 radical (unpaired) electrons. The molecule has 4 nitrogen and oxygen atoms in total. The molecule has 4 aliphatic rings. The van der Waals surface area contributed by atoms with Gasteiger partial charge in [-0.15, -0.1) is 0 Å². The van der Waals surface area contributed by atoms with Crippen molar-refractivity contribution < 1.29 is 9.53 Å². The Morgan fingerprint density at radius 3 is 2.38 bits per heavy atom. The third-order valence-corrected chi connectivity index (χ3v) is 11.7. The van der Waals surface area contributed by atoms with Gasteiger partial charge in [0.2, 0.25) is 0 Å². The van der Waals surface area contributed by atoms with Gasteiger partial charge in [-0.2, -0.15) is 5.11 Å². The molecule has 0 aromatic rings. The Balaban J connectivity index is 1.61. The number of ether oxygens (including phenoxy) is 1. The number of carbonyl (C=O) groups excluding carboxylic acids is 1. The van der Waals surface area contributed by atoms with E-state index in [9.17, 15) is 4.79 Å². The smallest absolute Gasteiger partial charge is 0.302 e. The lowest BCUT2D eigenvalue weighted by molar-refractivity contribution is -0.191. The Kier molecular flexibility index (Phi) is 7.31. The normalized spacial score (nSPS) is 44.2. The Morgan fingerprint density at radius 2 is 1.74 bits per heavy atom. The van der Waals surface area contributed by atoms with E-state index in [2.05, 4.69) is 46.7 Å². The van der Waals surface area contributed by atoms with Gasteiger partial charge in [-0.25, -0.2) is 5.53 Å². The molecule has 0 aliphatic heterocycles. The van der Waals surface area contributed by atoms with E-state index < -0.39 is 0 Å². The summed E-state index contributed by atoms with van der Waals surface area (Å²) in [5.74, 6) is 3.78. The minimum Gasteiger partial charge on any atom is -0.462 e. The SMILES string of the molecule is CC(=O)O[C@@H]1CC2CC(N=N)CC[C@]2(C)C2CC[C@@]3(C)C(CC[C@@H]3C(C)(C)CCCC(C)C)C21. The van der Waals surface area contributed by atoms with Gasteiger partial charge < -0.3 is 4.74 Å². The largest absolute Gasteiger partial charge is 0.462 e. The van der Waals surface area contributed by atoms with Gasteiger partial charge in [-0.1, -0.05) is 54.4 Å². The summed E-state index contributed by atoms with van der Waals surface area (Å²) in [7, 11) is 0. The van der Waals surface area contributed by atoms with Crippen LogP contribution >= 0.6 is 0 Å². The molecule has 194 valence electrons. The van der Waals surface area contributed by atoms with Crippen molar-refractivity contribution in [1.29, 1.82) is 5.53 Å². The van der Waals surface area contributed by atoms with Crippen LogP contribution in [0.1, 0.15) is 119 Å². The molecule has 4 heteroatoms. The topological polar surface area (TPSA) is 62.5 Å². The number of carbonyl (C=O) groups is 1. The fraction of sp³-hybridized carbons (Fsp3) is 0.967. The van der Waals surface area contributed by atoms with Gasteiger partial charge in [0.15, 0.2) is 0 Å². The van der Waals surface area contributed by atoms with Crippen LogP contribution in [0.25, 0.3) is 0 Å². The summed E-state index contributed by atoms with van der Waals surface area (Å²) in [6, 6.07) is 0.170. The quantitative estimate of drug-likeness (QED) is 0.298. The first-order chi connectivity index (χ1) is 15.9. The molecule has 0 aromatic carbocycles. The number of hydrogen-bond acceptors (Lipinski definition) is 4. The van der Waals surface area contributed by atoms with Crippen molar-refractivity contribution >= 4 is 5.97 Å². The fourth-order valence-electron chi connectivity index (χ4n) is 10.1. The lowest BCUT2D eigenvalue weighted by atomic mass is 9.43. The van der Waals surface area contributed by atoms with Crippen LogP contribution in [-0.2, 0) is 9.53 Å². The number of hydrogen-bond donors (Lipinski definition) is 1. The predicted octanol–water partition coefficient (Wildman–Crippen LogP) is 8.44. The number of fused-ring (bicyclic) bond motifs is 5. The standard InChI is InChI=1S/C30H52N2O2/c1-19(2)9-8-14-28(4,5)26-11-10-23-27-24(13-16-30(23,26)7)29(6)15-12-22(32-31)17-21(29)18-25(27)34-20(3)33/h19,21-27,31H,8-18H2,1-7H3/t21?,22?,23?,24?,25-,26-,27?,29+,30+/m1/s1. The summed E-state index contributed by atoms with van der Waals surface area (Å²) in [4.78, 5) is 12.2. The van der Waals surface area contributed by atoms with Gasteiger partial charge in [-0.05, 0) is 104 Å². The molecule has 0 amide bonds. The maximum absolute atomic E-state index is 12.2. The van der Waals surface area contributed by atoms with E-state index in [0.717, 1.165) is 31.1 Å². The van der Waals surface area contributed by atoms with E-state index in [1.54, 1.807) is 6.92 Å². The van der Waals surface area contributed by atoms with E-state index in [0.29, 0.717) is 39.9 Å². The van der Waals surface area contributed by atoms with Crippen molar-refractivity contribution in [1.82, 2.24) is 0 Å². The third-order valence-electron chi connectivity index (χ3n) is 11.7. The molecule has 4 aliphatic carbocycles. The van der Waals surface area contributed by atoms with Gasteiger partial charge in [0.25, 0.3) is 0 Å². The van der Waals surface area contributed by atoms with Crippen molar-refractivity contribution in [3.8, 4) is 0 Å². The van der Waals surface area contributed by atoms with Crippen LogP contribution in [0.2, 0.25) is 0 Å². The van der Waals surface area contributed by atoms with Gasteiger partial charge in [0, 0.05) is 12.8 Å². The second kappa shape index (κ2) is 9.51. The number of esters is 1. The highest BCUT2D eigenvalue weighted by atomic mass is 16.5. The highest BCUT2D eigenvalue weighted by molar-refractivity contribution is 5.66.